The predicted octanol–water partition coefficient (Wildman–Crippen LogP) is -0.548. The van der Waals surface area contributed by atoms with Crippen molar-refractivity contribution in [3.05, 3.63) is 0 Å². The summed E-state index contributed by atoms with van der Waals surface area (Å²) in [5.41, 5.74) is -0.160. The molecular weight excluding hydrogens is 208 g/mol. The number of aliphatic hydroxyl groups is 1. The molecule has 0 bridgehead atoms. The van der Waals surface area contributed by atoms with E-state index in [1.165, 1.54) is 0 Å². The first kappa shape index (κ1) is 13.4. The number of carbonyl (C=O) groups is 1. The van der Waals surface area contributed by atoms with E-state index in [4.69, 9.17) is 4.74 Å². The highest BCUT2D eigenvalue weighted by Crippen LogP contribution is 2.27. The Hall–Kier alpha value is -0.650. The van der Waals surface area contributed by atoms with Crippen LogP contribution in [0.4, 0.5) is 0 Å². The number of nitrogens with one attached hydrogen (secondary N) is 1. The number of nitrogens with zero attached hydrogens (tertiary/aromatic N) is 1. The first-order valence-electron chi connectivity index (χ1n) is 5.64. The molecule has 94 valence electrons. The quantitative estimate of drug-likeness (QED) is 0.643. The molecule has 1 saturated heterocycles. The van der Waals surface area contributed by atoms with Crippen molar-refractivity contribution in [1.29, 1.82) is 0 Å². The Kier molecular flexibility index (Phi) is 4.70. The van der Waals surface area contributed by atoms with Gasteiger partial charge in [-0.2, -0.15) is 0 Å². The van der Waals surface area contributed by atoms with Crippen LogP contribution >= 0.6 is 0 Å². The normalized spacial score (nSPS) is 18.6. The highest BCUT2D eigenvalue weighted by Gasteiger charge is 2.39. The molecule has 0 aromatic heterocycles. The molecule has 0 atom stereocenters. The van der Waals surface area contributed by atoms with E-state index in [0.717, 1.165) is 0 Å². The highest BCUT2D eigenvalue weighted by molar-refractivity contribution is 5.78. The minimum absolute atomic E-state index is 0.0193. The van der Waals surface area contributed by atoms with Gasteiger partial charge < -0.3 is 15.2 Å². The molecule has 0 aromatic rings. The van der Waals surface area contributed by atoms with Crippen molar-refractivity contribution in [2.45, 2.75) is 19.9 Å². The number of carbonyl (C=O) groups excluding carboxylic acids is 1. The van der Waals surface area contributed by atoms with Gasteiger partial charge in [-0.15, -0.1) is 0 Å². The molecule has 1 fully saturated rings. The Balaban J connectivity index is 2.29. The molecule has 0 radical (unpaired) electrons. The third-order valence-corrected chi connectivity index (χ3v) is 2.62. The molecule has 5 nitrogen and oxygen atoms in total. The van der Waals surface area contributed by atoms with Gasteiger partial charge in [-0.05, 0) is 20.9 Å². The van der Waals surface area contributed by atoms with Gasteiger partial charge in [0.15, 0.2) is 0 Å². The van der Waals surface area contributed by atoms with Crippen LogP contribution in [-0.2, 0) is 9.53 Å². The van der Waals surface area contributed by atoms with E-state index in [1.54, 1.807) is 0 Å². The van der Waals surface area contributed by atoms with E-state index < -0.39 is 0 Å². The van der Waals surface area contributed by atoms with E-state index in [0.29, 0.717) is 26.3 Å². The summed E-state index contributed by atoms with van der Waals surface area (Å²) in [6.45, 7) is 6.21. The highest BCUT2D eigenvalue weighted by atomic mass is 16.5. The molecule has 0 aromatic carbocycles. The topological polar surface area (TPSA) is 61.8 Å². The number of amides is 1. The molecule has 1 rings (SSSR count). The van der Waals surface area contributed by atoms with E-state index >= 15 is 0 Å². The van der Waals surface area contributed by atoms with Gasteiger partial charge >= 0.3 is 0 Å². The van der Waals surface area contributed by atoms with E-state index in [1.807, 2.05) is 25.8 Å². The molecule has 1 aliphatic rings. The summed E-state index contributed by atoms with van der Waals surface area (Å²) in [5.74, 6) is 0.0193. The molecule has 1 heterocycles. The zero-order valence-electron chi connectivity index (χ0n) is 10.3. The average molecular weight is 230 g/mol. The number of ether oxygens (including phenoxy) is 1. The minimum atomic E-state index is -0.160. The van der Waals surface area contributed by atoms with E-state index in [-0.39, 0.29) is 24.0 Å². The van der Waals surface area contributed by atoms with Gasteiger partial charge in [-0.3, -0.25) is 9.69 Å². The predicted molar refractivity (Wildman–Crippen MR) is 61.1 cm³/mol. The fourth-order valence-corrected chi connectivity index (χ4v) is 1.86. The van der Waals surface area contributed by atoms with Gasteiger partial charge in [0.05, 0.1) is 31.8 Å². The van der Waals surface area contributed by atoms with Crippen LogP contribution in [0.1, 0.15) is 13.8 Å². The van der Waals surface area contributed by atoms with Crippen LogP contribution < -0.4 is 5.32 Å². The van der Waals surface area contributed by atoms with Gasteiger partial charge in [0.25, 0.3) is 0 Å². The first-order chi connectivity index (χ1) is 7.47. The summed E-state index contributed by atoms with van der Waals surface area (Å²) in [6.07, 6.45) is 0. The number of rotatable bonds is 6. The number of hydrogen-bond acceptors (Lipinski definition) is 4. The van der Waals surface area contributed by atoms with Crippen LogP contribution in [0.5, 0.6) is 0 Å². The molecule has 0 saturated carbocycles. The van der Waals surface area contributed by atoms with Crippen molar-refractivity contribution in [3.63, 3.8) is 0 Å². The Bertz CT molecular complexity index is 234. The summed E-state index contributed by atoms with van der Waals surface area (Å²) in [5, 5.41) is 12.1. The van der Waals surface area contributed by atoms with Crippen molar-refractivity contribution in [3.8, 4) is 0 Å². The lowest BCUT2D eigenvalue weighted by Gasteiger charge is -2.42. The van der Waals surface area contributed by atoms with Crippen molar-refractivity contribution in [1.82, 2.24) is 10.2 Å². The largest absolute Gasteiger partial charge is 0.396 e. The Labute approximate surface area is 96.8 Å². The summed E-state index contributed by atoms with van der Waals surface area (Å²) in [7, 11) is 1.88. The second-order valence-corrected chi connectivity index (χ2v) is 5.05. The van der Waals surface area contributed by atoms with Crippen LogP contribution in [0.15, 0.2) is 0 Å². The molecule has 1 amide bonds. The zero-order valence-corrected chi connectivity index (χ0v) is 10.3. The molecule has 0 spiro atoms. The van der Waals surface area contributed by atoms with Crippen LogP contribution in [-0.4, -0.2) is 61.9 Å². The second kappa shape index (κ2) is 5.61. The van der Waals surface area contributed by atoms with Gasteiger partial charge in [0.2, 0.25) is 5.91 Å². The number of aliphatic hydroxyl groups excluding tert-OH is 1. The van der Waals surface area contributed by atoms with Gasteiger partial charge in [0, 0.05) is 12.6 Å². The Morgan fingerprint density at radius 1 is 1.56 bits per heavy atom. The summed E-state index contributed by atoms with van der Waals surface area (Å²) in [4.78, 5) is 13.4. The molecule has 1 aliphatic heterocycles. The molecule has 2 N–H and O–H groups in total. The average Bonchev–Trinajstić information content (AvgIpc) is 2.09. The fourth-order valence-electron chi connectivity index (χ4n) is 1.86. The third kappa shape index (κ3) is 3.73. The number of hydrogen-bond donors (Lipinski definition) is 2. The lowest BCUT2D eigenvalue weighted by molar-refractivity contribution is -0.148. The smallest absolute Gasteiger partial charge is 0.234 e. The fraction of sp³-hybridized carbons (Fsp3) is 0.909. The second-order valence-electron chi connectivity index (χ2n) is 5.05. The summed E-state index contributed by atoms with van der Waals surface area (Å²) >= 11 is 0. The van der Waals surface area contributed by atoms with Crippen LogP contribution in [0.25, 0.3) is 0 Å². The lowest BCUT2D eigenvalue weighted by atomic mass is 9.86. The van der Waals surface area contributed by atoms with Crippen molar-refractivity contribution >= 4 is 5.91 Å². The van der Waals surface area contributed by atoms with Gasteiger partial charge in [-0.1, -0.05) is 0 Å². The lowest BCUT2D eigenvalue weighted by Crippen LogP contribution is -2.53. The summed E-state index contributed by atoms with van der Waals surface area (Å²) < 4.78 is 5.11. The zero-order chi connectivity index (χ0) is 12.2. The van der Waals surface area contributed by atoms with Crippen LogP contribution in [0.2, 0.25) is 0 Å². The number of likely N-dealkylation sites (N-methyl/N-ethyl adjacent to an activating group) is 1. The van der Waals surface area contributed by atoms with Gasteiger partial charge in [-0.25, -0.2) is 0 Å². The molecular formula is C11H22N2O3. The maximum absolute atomic E-state index is 11.5. The Morgan fingerprint density at radius 2 is 2.19 bits per heavy atom. The molecule has 0 aliphatic carbocycles. The standard InChI is InChI=1S/C11H22N2O3/c1-9(2)12-10(15)4-13(3)5-11(6-14)7-16-8-11/h9,14H,4-8H2,1-3H3,(H,12,15). The van der Waals surface area contributed by atoms with Crippen LogP contribution in [0.3, 0.4) is 0 Å². The van der Waals surface area contributed by atoms with Crippen molar-refractivity contribution in [2.24, 2.45) is 5.41 Å². The maximum atomic E-state index is 11.5. The molecule has 0 unspecified atom stereocenters. The van der Waals surface area contributed by atoms with Crippen LogP contribution in [0, 0.1) is 5.41 Å². The molecule has 5 heteroatoms. The van der Waals surface area contributed by atoms with E-state index in [9.17, 15) is 9.90 Å². The van der Waals surface area contributed by atoms with Crippen molar-refractivity contribution in [2.75, 3.05) is 40.0 Å². The van der Waals surface area contributed by atoms with Gasteiger partial charge in [0.1, 0.15) is 0 Å². The third-order valence-electron chi connectivity index (χ3n) is 2.62. The first-order valence-corrected chi connectivity index (χ1v) is 5.64. The minimum Gasteiger partial charge on any atom is -0.396 e. The monoisotopic (exact) mass is 230 g/mol. The van der Waals surface area contributed by atoms with E-state index in [2.05, 4.69) is 5.32 Å². The van der Waals surface area contributed by atoms with Crippen molar-refractivity contribution < 1.29 is 14.6 Å². The SMILES string of the molecule is CC(C)NC(=O)CN(C)CC1(CO)COC1. The maximum Gasteiger partial charge on any atom is 0.234 e. The summed E-state index contributed by atoms with van der Waals surface area (Å²) in [6, 6.07) is 0.166. The molecule has 16 heavy (non-hydrogen) atoms. The Morgan fingerprint density at radius 3 is 2.56 bits per heavy atom.